The van der Waals surface area contributed by atoms with Crippen LogP contribution in [0.3, 0.4) is 0 Å². The first kappa shape index (κ1) is 74.0. The van der Waals surface area contributed by atoms with E-state index in [1.165, 1.54) is 33.4 Å². The third-order valence-corrected chi connectivity index (χ3v) is 18.1. The minimum absolute atomic E-state index is 0.195. The van der Waals surface area contributed by atoms with E-state index in [2.05, 4.69) is 141 Å². The predicted octanol–water partition coefficient (Wildman–Crippen LogP) is 15.0. The standard InChI is InChI=1S/C24H30N6O3S.C19H22N6OS.C15H16ClN3O.C5H4Cl2N2.C5H8N2S/c1-14-7-8-19(25-11-14)18-9-17(18)13-32-21-10-20(26-15(2)27-21)30(23(31)33-24(4,5)6)12-22-29-28-16(3)34-22;1-11-4-5-16(20-8-11)15-6-14(15)10-26-18-7-17(22-12(2)23-18)21-9-19-25-24-13(3)27-19;1-9-3-4-13(17-7-9)12-5-11(12)8-20-15-6-14(16)18-10(2)19-15;1-3-8-4(6)2-5(7)9-3;1-3-5-7-6-4(2)8-5/h7-8,10-11,17-18H,9,12-13H2,1-6H3;4-5,7-8,14-15H,6,9-10H2,1-3H3,(H,21,22,23);3-4,6-7,11-12H,5,8H2,1-2H3;2H,1H3;3H2,1-2H3/t17-,18+;14-,15+;11-,12+;;/m111../s1. The molecule has 0 saturated heterocycles. The number of carbonyl (C=O) groups is 1. The Morgan fingerprint density at radius 2 is 0.898 bits per heavy atom. The lowest BCUT2D eigenvalue weighted by Crippen LogP contribution is -2.37. The number of amides is 1. The number of carbonyl (C=O) groups excluding carboxylic acids is 1. The molecular formula is C68H80Cl3N19O5S3. The molecule has 3 saturated carbocycles. The SMILES string of the molecule is CCc1nnc(C)s1.Cc1ccc([C@H]2C[C@@H]2COc2cc(Cl)nc(C)n2)nc1.Cc1ccc([C@H]2C[C@@H]2COc2cc(N(Cc3nnc(C)s3)C(=O)OC(C)(C)C)nc(C)n2)nc1.Cc1ccc([C@H]2C[C@@H]2COc2cc(NCc3nnc(C)s3)nc(C)n2)nc1.Cc1nc(Cl)cc(Cl)n1. The number of anilines is 2. The fraction of sp³-hybridized carbons (Fsp3) is 0.441. The molecule has 0 radical (unpaired) electrons. The highest BCUT2D eigenvalue weighted by Gasteiger charge is 2.42. The van der Waals surface area contributed by atoms with Gasteiger partial charge in [-0.25, -0.2) is 29.7 Å². The van der Waals surface area contributed by atoms with E-state index in [0.29, 0.717) is 129 Å². The zero-order chi connectivity index (χ0) is 70.2. The average molecular weight is 1450 g/mol. The first-order valence-corrected chi connectivity index (χ1v) is 35.5. The summed E-state index contributed by atoms with van der Waals surface area (Å²) in [4.78, 5) is 61.6. The summed E-state index contributed by atoms with van der Waals surface area (Å²) in [6.07, 6.45) is 9.50. The Morgan fingerprint density at radius 3 is 1.29 bits per heavy atom. The van der Waals surface area contributed by atoms with Crippen molar-refractivity contribution in [3.8, 4) is 17.6 Å². The molecule has 0 bridgehead atoms. The van der Waals surface area contributed by atoms with Gasteiger partial charge in [-0.3, -0.25) is 19.9 Å². The number of nitrogens with one attached hydrogen (secondary N) is 1. The van der Waals surface area contributed by atoms with Crippen molar-refractivity contribution in [3.05, 3.63) is 182 Å². The van der Waals surface area contributed by atoms with Crippen molar-refractivity contribution >= 4 is 86.5 Å². The maximum Gasteiger partial charge on any atom is 0.416 e. The maximum absolute atomic E-state index is 13.0. The molecule has 0 aliphatic heterocycles. The third kappa shape index (κ3) is 24.1. The van der Waals surface area contributed by atoms with Crippen molar-refractivity contribution in [1.29, 1.82) is 0 Å². The Labute approximate surface area is 598 Å². The van der Waals surface area contributed by atoms with Crippen LogP contribution in [0.15, 0.2) is 79.3 Å². The van der Waals surface area contributed by atoms with E-state index in [9.17, 15) is 4.79 Å². The first-order chi connectivity index (χ1) is 46.8. The van der Waals surface area contributed by atoms with Crippen molar-refractivity contribution in [2.24, 2.45) is 17.8 Å². The number of pyridine rings is 3. The highest BCUT2D eigenvalue weighted by Crippen LogP contribution is 2.48. The number of aromatic nitrogens is 17. The maximum atomic E-state index is 13.0. The van der Waals surface area contributed by atoms with E-state index >= 15 is 0 Å². The predicted molar refractivity (Wildman–Crippen MR) is 381 cm³/mol. The molecule has 516 valence electrons. The normalized spacial score (nSPS) is 17.0. The minimum Gasteiger partial charge on any atom is -0.477 e. The van der Waals surface area contributed by atoms with Gasteiger partial charge in [0.15, 0.2) is 0 Å². The smallest absolute Gasteiger partial charge is 0.416 e. The quantitative estimate of drug-likeness (QED) is 0.0736. The van der Waals surface area contributed by atoms with E-state index in [4.69, 9.17) is 53.8 Å². The van der Waals surface area contributed by atoms with E-state index in [1.807, 2.05) is 87.0 Å². The lowest BCUT2D eigenvalue weighted by molar-refractivity contribution is 0.0576. The Hall–Kier alpha value is -8.21. The molecule has 0 unspecified atom stereocenters. The summed E-state index contributed by atoms with van der Waals surface area (Å²) in [5.41, 5.74) is 6.28. The van der Waals surface area contributed by atoms with Gasteiger partial charge >= 0.3 is 6.09 Å². The van der Waals surface area contributed by atoms with Gasteiger partial charge < -0.3 is 24.3 Å². The number of hydrogen-bond acceptors (Lipinski definition) is 26. The minimum atomic E-state index is -0.654. The topological polar surface area (TPSA) is 288 Å². The zero-order valence-corrected chi connectivity index (χ0v) is 62.0. The molecule has 3 aliphatic rings. The van der Waals surface area contributed by atoms with Gasteiger partial charge in [0.1, 0.15) is 86.0 Å². The second kappa shape index (κ2) is 34.5. The van der Waals surface area contributed by atoms with Crippen molar-refractivity contribution in [2.45, 2.75) is 159 Å². The molecular weight excluding hydrogens is 1370 g/mol. The molecule has 10 heterocycles. The lowest BCUT2D eigenvalue weighted by atomic mass is 10.2. The molecule has 30 heteroatoms. The summed E-state index contributed by atoms with van der Waals surface area (Å²) in [5.74, 6) is 7.90. The van der Waals surface area contributed by atoms with Crippen molar-refractivity contribution in [3.63, 3.8) is 0 Å². The molecule has 98 heavy (non-hydrogen) atoms. The molecule has 6 atom stereocenters. The van der Waals surface area contributed by atoms with E-state index in [0.717, 1.165) is 79.2 Å². The van der Waals surface area contributed by atoms with Gasteiger partial charge in [-0.1, -0.05) is 82.6 Å². The van der Waals surface area contributed by atoms with Gasteiger partial charge in [-0.15, -0.1) is 41.9 Å². The summed E-state index contributed by atoms with van der Waals surface area (Å²) in [7, 11) is 0. The second-order valence-electron chi connectivity index (χ2n) is 24.8. The van der Waals surface area contributed by atoms with Crippen LogP contribution in [0.1, 0.15) is 152 Å². The number of halogens is 3. The van der Waals surface area contributed by atoms with Gasteiger partial charge in [0.05, 0.1) is 32.9 Å². The largest absolute Gasteiger partial charge is 0.477 e. The molecule has 10 aromatic rings. The van der Waals surface area contributed by atoms with Crippen LogP contribution in [-0.2, 0) is 24.2 Å². The number of nitrogens with zero attached hydrogens (tertiary/aromatic N) is 18. The van der Waals surface area contributed by atoms with Crippen molar-refractivity contribution in [1.82, 2.24) is 85.4 Å². The van der Waals surface area contributed by atoms with E-state index < -0.39 is 11.7 Å². The van der Waals surface area contributed by atoms with Crippen LogP contribution < -0.4 is 24.4 Å². The Bertz CT molecular complexity index is 4170. The highest BCUT2D eigenvalue weighted by molar-refractivity contribution is 7.11. The molecule has 3 fully saturated rings. The summed E-state index contributed by atoms with van der Waals surface area (Å²) in [6.45, 7) is 29.3. The number of aryl methyl sites for hydroxylation is 11. The second-order valence-corrected chi connectivity index (χ2v) is 29.8. The molecule has 0 aromatic carbocycles. The molecule has 0 spiro atoms. The van der Waals surface area contributed by atoms with Crippen LogP contribution in [0.25, 0.3) is 0 Å². The van der Waals surface area contributed by atoms with E-state index in [-0.39, 0.29) is 6.54 Å². The number of ether oxygens (including phenoxy) is 4. The average Bonchev–Trinajstić information content (AvgIpc) is 1.56. The Balaban J connectivity index is 0.000000156. The molecule has 10 aromatic heterocycles. The molecule has 1 amide bonds. The summed E-state index contributed by atoms with van der Waals surface area (Å²) in [6, 6.07) is 19.3. The summed E-state index contributed by atoms with van der Waals surface area (Å²) in [5, 5.41) is 34.1. The zero-order valence-electron chi connectivity index (χ0n) is 57.3. The molecule has 3 aliphatic carbocycles. The summed E-state index contributed by atoms with van der Waals surface area (Å²) >= 11 is 21.6. The fourth-order valence-corrected chi connectivity index (χ4v) is 12.4. The molecule has 1 N–H and O–H groups in total. The molecule has 13 rings (SSSR count). The lowest BCUT2D eigenvalue weighted by Gasteiger charge is -2.26. The highest BCUT2D eigenvalue weighted by atomic mass is 35.5. The van der Waals surface area contributed by atoms with Crippen molar-refractivity contribution < 1.29 is 23.7 Å². The van der Waals surface area contributed by atoms with Gasteiger partial charge in [0.25, 0.3) is 0 Å². The van der Waals surface area contributed by atoms with Gasteiger partial charge in [-0.2, -0.15) is 15.0 Å². The third-order valence-electron chi connectivity index (χ3n) is 14.8. The summed E-state index contributed by atoms with van der Waals surface area (Å²) < 4.78 is 23.3. The van der Waals surface area contributed by atoms with Crippen LogP contribution in [0, 0.1) is 87.0 Å². The number of hydrogen-bond donors (Lipinski definition) is 1. The van der Waals surface area contributed by atoms with Crippen molar-refractivity contribution in [2.75, 3.05) is 30.0 Å². The first-order valence-electron chi connectivity index (χ1n) is 31.9. The van der Waals surface area contributed by atoms with Crippen LogP contribution in [0.5, 0.6) is 17.6 Å². The van der Waals surface area contributed by atoms with Crippen LogP contribution >= 0.6 is 68.8 Å². The Kier molecular flexibility index (Phi) is 26.1. The van der Waals surface area contributed by atoms with Crippen LogP contribution in [-0.4, -0.2) is 117 Å². The van der Waals surface area contributed by atoms with E-state index in [1.54, 1.807) is 55.6 Å². The van der Waals surface area contributed by atoms with Crippen LogP contribution in [0.2, 0.25) is 15.5 Å². The molecule has 24 nitrogen and oxygen atoms in total. The fourth-order valence-electron chi connectivity index (χ4n) is 9.72. The van der Waals surface area contributed by atoms with Gasteiger partial charge in [0, 0.05) is 95.4 Å². The number of rotatable bonds is 19. The van der Waals surface area contributed by atoms with Gasteiger partial charge in [0.2, 0.25) is 17.6 Å². The van der Waals surface area contributed by atoms with Crippen LogP contribution in [0.4, 0.5) is 16.4 Å². The van der Waals surface area contributed by atoms with Gasteiger partial charge in [-0.05, 0) is 151 Å². The monoisotopic (exact) mass is 1440 g/mol. The Morgan fingerprint density at radius 1 is 0.500 bits per heavy atom.